The van der Waals surface area contributed by atoms with Gasteiger partial charge in [0.2, 0.25) is 5.91 Å². The lowest BCUT2D eigenvalue weighted by Crippen LogP contribution is -2.66. The van der Waals surface area contributed by atoms with Crippen molar-refractivity contribution in [2.24, 2.45) is 11.3 Å². The van der Waals surface area contributed by atoms with E-state index in [0.717, 1.165) is 17.7 Å². The Kier molecular flexibility index (Phi) is 3.35. The Morgan fingerprint density at radius 2 is 1.79 bits per heavy atom. The van der Waals surface area contributed by atoms with Crippen molar-refractivity contribution in [2.45, 2.75) is 26.8 Å². The van der Waals surface area contributed by atoms with Gasteiger partial charge in [0.25, 0.3) is 0 Å². The van der Waals surface area contributed by atoms with Gasteiger partial charge in [0, 0.05) is 5.69 Å². The summed E-state index contributed by atoms with van der Waals surface area (Å²) < 4.78 is 5.08. The van der Waals surface area contributed by atoms with Gasteiger partial charge in [0.15, 0.2) is 0 Å². The minimum absolute atomic E-state index is 0.00904. The molecule has 19 heavy (non-hydrogen) atoms. The van der Waals surface area contributed by atoms with Crippen LogP contribution < -0.4 is 9.64 Å². The molecule has 1 saturated heterocycles. The van der Waals surface area contributed by atoms with Crippen LogP contribution in [-0.2, 0) is 9.59 Å². The van der Waals surface area contributed by atoms with Gasteiger partial charge in [-0.05, 0) is 29.7 Å². The smallest absolute Gasteiger partial charge is 0.233 e. The molecular weight excluding hydrogens is 242 g/mol. The van der Waals surface area contributed by atoms with Crippen molar-refractivity contribution in [2.75, 3.05) is 12.0 Å². The van der Waals surface area contributed by atoms with Crippen LogP contribution in [0.4, 0.5) is 5.69 Å². The zero-order valence-electron chi connectivity index (χ0n) is 11.7. The van der Waals surface area contributed by atoms with E-state index in [1.807, 2.05) is 20.8 Å². The summed E-state index contributed by atoms with van der Waals surface area (Å²) in [4.78, 5) is 25.1. The number of ether oxygens (including phenoxy) is 1. The van der Waals surface area contributed by atoms with Gasteiger partial charge in [-0.1, -0.05) is 20.8 Å². The monoisotopic (exact) mass is 261 g/mol. The number of carbonyl (C=O) groups excluding carboxylic acids is 2. The molecule has 0 aliphatic carbocycles. The fourth-order valence-electron chi connectivity index (χ4n) is 2.57. The van der Waals surface area contributed by atoms with E-state index in [-0.39, 0.29) is 23.3 Å². The quantitative estimate of drug-likeness (QED) is 0.619. The van der Waals surface area contributed by atoms with Crippen LogP contribution in [0, 0.1) is 11.3 Å². The summed E-state index contributed by atoms with van der Waals surface area (Å²) in [6.07, 6.45) is 0.863. The first-order valence-electron chi connectivity index (χ1n) is 6.32. The molecule has 1 amide bonds. The van der Waals surface area contributed by atoms with Crippen LogP contribution in [0.25, 0.3) is 0 Å². The number of hydrogen-bond acceptors (Lipinski definition) is 3. The van der Waals surface area contributed by atoms with E-state index in [1.54, 1.807) is 36.3 Å². The molecule has 0 aromatic heterocycles. The Labute approximate surface area is 113 Å². The van der Waals surface area contributed by atoms with E-state index in [9.17, 15) is 9.59 Å². The lowest BCUT2D eigenvalue weighted by Gasteiger charge is -2.49. The Hall–Kier alpha value is -1.84. The van der Waals surface area contributed by atoms with Gasteiger partial charge in [0.05, 0.1) is 13.0 Å². The number of rotatable bonds is 3. The van der Waals surface area contributed by atoms with Gasteiger partial charge in [-0.15, -0.1) is 0 Å². The molecule has 0 unspecified atom stereocenters. The Morgan fingerprint density at radius 1 is 1.21 bits per heavy atom. The predicted octanol–water partition coefficient (Wildman–Crippen LogP) is 2.27. The Morgan fingerprint density at radius 3 is 2.21 bits per heavy atom. The molecule has 2 atom stereocenters. The molecule has 0 saturated carbocycles. The molecule has 0 spiro atoms. The lowest BCUT2D eigenvalue weighted by molar-refractivity contribution is -0.138. The van der Waals surface area contributed by atoms with E-state index in [0.29, 0.717) is 0 Å². The average molecular weight is 261 g/mol. The van der Waals surface area contributed by atoms with E-state index in [4.69, 9.17) is 4.74 Å². The number of hydrogen-bond donors (Lipinski definition) is 0. The first kappa shape index (κ1) is 13.6. The second-order valence-electron chi connectivity index (χ2n) is 5.88. The summed E-state index contributed by atoms with van der Waals surface area (Å²) >= 11 is 0. The number of methoxy groups -OCH3 is 1. The van der Waals surface area contributed by atoms with E-state index >= 15 is 0 Å². The number of aldehydes is 1. The van der Waals surface area contributed by atoms with Gasteiger partial charge in [0.1, 0.15) is 18.1 Å². The topological polar surface area (TPSA) is 46.6 Å². The highest BCUT2D eigenvalue weighted by Gasteiger charge is 2.53. The molecule has 1 heterocycles. The lowest BCUT2D eigenvalue weighted by atomic mass is 9.70. The van der Waals surface area contributed by atoms with Crippen LogP contribution in [0.2, 0.25) is 0 Å². The second kappa shape index (κ2) is 4.68. The Balaban J connectivity index is 2.26. The molecule has 1 aromatic carbocycles. The second-order valence-corrected chi connectivity index (χ2v) is 5.88. The van der Waals surface area contributed by atoms with Crippen molar-refractivity contribution in [3.63, 3.8) is 0 Å². The summed E-state index contributed by atoms with van der Waals surface area (Å²) in [5.74, 6) is 0.494. The van der Waals surface area contributed by atoms with Crippen LogP contribution in [0.1, 0.15) is 20.8 Å². The molecule has 0 N–H and O–H groups in total. The normalized spacial score (nSPS) is 22.9. The van der Waals surface area contributed by atoms with Crippen molar-refractivity contribution >= 4 is 17.9 Å². The van der Waals surface area contributed by atoms with Crippen molar-refractivity contribution in [3.05, 3.63) is 24.3 Å². The highest BCUT2D eigenvalue weighted by atomic mass is 16.5. The van der Waals surface area contributed by atoms with Crippen molar-refractivity contribution in [1.29, 1.82) is 0 Å². The van der Waals surface area contributed by atoms with Crippen LogP contribution in [0.5, 0.6) is 5.75 Å². The highest BCUT2D eigenvalue weighted by Crippen LogP contribution is 2.42. The maximum atomic E-state index is 12.3. The molecule has 0 bridgehead atoms. The summed E-state index contributed by atoms with van der Waals surface area (Å²) in [7, 11) is 1.59. The molecule has 4 nitrogen and oxygen atoms in total. The molecule has 102 valence electrons. The molecule has 0 radical (unpaired) electrons. The van der Waals surface area contributed by atoms with Crippen LogP contribution >= 0.6 is 0 Å². The number of amides is 1. The molecule has 1 aliphatic rings. The molecule has 1 aliphatic heterocycles. The maximum absolute atomic E-state index is 12.3. The highest BCUT2D eigenvalue weighted by molar-refractivity contribution is 6.08. The third-order valence-electron chi connectivity index (χ3n) is 3.57. The van der Waals surface area contributed by atoms with Crippen LogP contribution in [0.3, 0.4) is 0 Å². The molecule has 4 heteroatoms. The minimum Gasteiger partial charge on any atom is -0.497 e. The zero-order valence-corrected chi connectivity index (χ0v) is 11.7. The molecule has 2 rings (SSSR count). The third kappa shape index (κ3) is 2.23. The van der Waals surface area contributed by atoms with Crippen LogP contribution in [-0.4, -0.2) is 25.3 Å². The fourth-order valence-corrected chi connectivity index (χ4v) is 2.57. The molecule has 1 fully saturated rings. The maximum Gasteiger partial charge on any atom is 0.233 e. The first-order valence-corrected chi connectivity index (χ1v) is 6.32. The van der Waals surface area contributed by atoms with Gasteiger partial charge in [-0.3, -0.25) is 4.79 Å². The van der Waals surface area contributed by atoms with Crippen molar-refractivity contribution in [1.82, 2.24) is 0 Å². The Bertz CT molecular complexity index is 487. The zero-order chi connectivity index (χ0) is 14.2. The molecule has 1 aromatic rings. The fraction of sp³-hybridized carbons (Fsp3) is 0.467. The summed E-state index contributed by atoms with van der Waals surface area (Å²) in [6, 6.07) is 6.79. The van der Waals surface area contributed by atoms with Gasteiger partial charge in [-0.25, -0.2) is 0 Å². The summed E-state index contributed by atoms with van der Waals surface area (Å²) in [5.41, 5.74) is 0.537. The van der Waals surface area contributed by atoms with Crippen LogP contribution in [0.15, 0.2) is 24.3 Å². The van der Waals surface area contributed by atoms with Crippen molar-refractivity contribution < 1.29 is 14.3 Å². The van der Waals surface area contributed by atoms with Gasteiger partial charge in [-0.2, -0.15) is 0 Å². The van der Waals surface area contributed by atoms with E-state index in [1.165, 1.54) is 0 Å². The third-order valence-corrected chi connectivity index (χ3v) is 3.57. The van der Waals surface area contributed by atoms with E-state index in [2.05, 4.69) is 0 Å². The number of carbonyl (C=O) groups is 2. The largest absolute Gasteiger partial charge is 0.497 e. The molecular formula is C15H19NO3. The predicted molar refractivity (Wildman–Crippen MR) is 73.3 cm³/mol. The number of anilines is 1. The number of benzene rings is 1. The van der Waals surface area contributed by atoms with Gasteiger partial charge >= 0.3 is 0 Å². The van der Waals surface area contributed by atoms with Gasteiger partial charge < -0.3 is 14.4 Å². The standard InChI is InChI=1S/C15H19NO3/c1-15(2,3)13-12(9-17)16(14(13)18)10-5-7-11(19-4)8-6-10/h5-9,12-13H,1-4H3/t12-,13+/m1/s1. The number of β-lactam (4-membered cyclic amide) rings is 1. The first-order chi connectivity index (χ1) is 8.90. The minimum atomic E-state index is -0.374. The SMILES string of the molecule is COc1ccc(N2C(=O)[C@@H](C(C)(C)C)[C@H]2C=O)cc1. The van der Waals surface area contributed by atoms with Crippen molar-refractivity contribution in [3.8, 4) is 5.75 Å². The average Bonchev–Trinajstić information content (AvgIpc) is 2.34. The summed E-state index contributed by atoms with van der Waals surface area (Å²) in [5, 5.41) is 0. The van der Waals surface area contributed by atoms with E-state index < -0.39 is 0 Å². The summed E-state index contributed by atoms with van der Waals surface area (Å²) in [6.45, 7) is 5.95. The number of nitrogens with zero attached hydrogens (tertiary/aromatic N) is 1.